The van der Waals surface area contributed by atoms with Crippen LogP contribution in [0.15, 0.2) is 24.3 Å². The molecule has 2 atom stereocenters. The maximum Gasteiger partial charge on any atom is 0.253 e. The number of halogens is 1. The SMILES string of the molecule is CN(C(=O)c1ccc(-c2n[nH]c(C3CC3)n2)cc1)C1CC2CCC(C1)N2.Cl. The Bertz CT molecular complexity index is 804. The van der Waals surface area contributed by atoms with Crippen molar-refractivity contribution >= 4 is 18.3 Å². The quantitative estimate of drug-likeness (QED) is 0.845. The van der Waals surface area contributed by atoms with Gasteiger partial charge in [-0.05, 0) is 50.7 Å². The standard InChI is InChI=1S/C20H25N5O.ClH/c1-25(17-10-15-8-9-16(11-17)21-15)20(26)14-6-4-13(5-7-14)19-22-18(23-24-19)12-2-3-12;/h4-7,12,15-17,21H,2-3,8-11H2,1H3,(H,22,23,24);1H. The molecule has 3 aliphatic rings. The highest BCUT2D eigenvalue weighted by atomic mass is 35.5. The molecule has 1 amide bonds. The zero-order chi connectivity index (χ0) is 17.7. The number of H-pyrrole nitrogens is 1. The highest BCUT2D eigenvalue weighted by molar-refractivity contribution is 5.94. The number of nitrogens with one attached hydrogen (secondary N) is 2. The zero-order valence-electron chi connectivity index (χ0n) is 15.5. The lowest BCUT2D eigenvalue weighted by Gasteiger charge is -2.35. The van der Waals surface area contributed by atoms with Crippen LogP contribution >= 0.6 is 12.4 Å². The molecule has 2 bridgehead atoms. The number of aromatic amines is 1. The van der Waals surface area contributed by atoms with Gasteiger partial charge in [0, 0.05) is 42.2 Å². The molecule has 6 nitrogen and oxygen atoms in total. The topological polar surface area (TPSA) is 73.9 Å². The van der Waals surface area contributed by atoms with Crippen molar-refractivity contribution in [1.82, 2.24) is 25.4 Å². The number of aromatic nitrogens is 3. The smallest absolute Gasteiger partial charge is 0.253 e. The highest BCUT2D eigenvalue weighted by Gasteiger charge is 2.36. The van der Waals surface area contributed by atoms with Gasteiger partial charge < -0.3 is 10.2 Å². The van der Waals surface area contributed by atoms with Gasteiger partial charge in [-0.1, -0.05) is 12.1 Å². The summed E-state index contributed by atoms with van der Waals surface area (Å²) >= 11 is 0. The molecule has 1 saturated carbocycles. The highest BCUT2D eigenvalue weighted by Crippen LogP contribution is 2.38. The average molecular weight is 388 g/mol. The molecule has 27 heavy (non-hydrogen) atoms. The molecule has 2 N–H and O–H groups in total. The Morgan fingerprint density at radius 1 is 1.07 bits per heavy atom. The van der Waals surface area contributed by atoms with E-state index in [1.165, 1.54) is 25.7 Å². The minimum absolute atomic E-state index is 0. The summed E-state index contributed by atoms with van der Waals surface area (Å²) in [6.07, 6.45) is 7.03. The third-order valence-electron chi connectivity index (χ3n) is 6.17. The fourth-order valence-electron chi connectivity index (χ4n) is 4.42. The van der Waals surface area contributed by atoms with Gasteiger partial charge in [-0.15, -0.1) is 12.4 Å². The third kappa shape index (κ3) is 3.60. The predicted octanol–water partition coefficient (Wildman–Crippen LogP) is 3.13. The molecule has 1 aromatic carbocycles. The van der Waals surface area contributed by atoms with Crippen molar-refractivity contribution in [1.29, 1.82) is 0 Å². The molecule has 2 saturated heterocycles. The molecule has 7 heteroatoms. The molecule has 3 fully saturated rings. The summed E-state index contributed by atoms with van der Waals surface area (Å²) in [6.45, 7) is 0. The number of rotatable bonds is 4. The van der Waals surface area contributed by atoms with E-state index in [9.17, 15) is 4.79 Å². The van der Waals surface area contributed by atoms with E-state index in [2.05, 4.69) is 20.5 Å². The van der Waals surface area contributed by atoms with E-state index in [1.807, 2.05) is 36.2 Å². The number of fused-ring (bicyclic) bond motifs is 2. The Kier molecular flexibility index (Phi) is 4.95. The van der Waals surface area contributed by atoms with E-state index < -0.39 is 0 Å². The van der Waals surface area contributed by atoms with Crippen LogP contribution in [0, 0.1) is 0 Å². The van der Waals surface area contributed by atoms with Crippen LogP contribution in [0.2, 0.25) is 0 Å². The number of piperidine rings is 1. The predicted molar refractivity (Wildman–Crippen MR) is 106 cm³/mol. The second-order valence-electron chi connectivity index (χ2n) is 8.08. The van der Waals surface area contributed by atoms with Crippen LogP contribution in [-0.4, -0.2) is 51.2 Å². The molecule has 2 aliphatic heterocycles. The molecule has 144 valence electrons. The van der Waals surface area contributed by atoms with Crippen molar-refractivity contribution in [3.05, 3.63) is 35.7 Å². The van der Waals surface area contributed by atoms with Crippen LogP contribution in [0.5, 0.6) is 0 Å². The summed E-state index contributed by atoms with van der Waals surface area (Å²) in [5.41, 5.74) is 1.69. The summed E-state index contributed by atoms with van der Waals surface area (Å²) in [5, 5.41) is 11.0. The van der Waals surface area contributed by atoms with Gasteiger partial charge in [-0.2, -0.15) is 5.10 Å². The lowest BCUT2D eigenvalue weighted by atomic mass is 9.98. The largest absolute Gasteiger partial charge is 0.339 e. The van der Waals surface area contributed by atoms with E-state index in [0.29, 0.717) is 29.9 Å². The summed E-state index contributed by atoms with van der Waals surface area (Å²) in [5.74, 6) is 2.37. The molecular formula is C20H26ClN5O. The number of hydrogen-bond donors (Lipinski definition) is 2. The molecule has 0 radical (unpaired) electrons. The van der Waals surface area contributed by atoms with Gasteiger partial charge in [0.15, 0.2) is 5.82 Å². The van der Waals surface area contributed by atoms with Crippen molar-refractivity contribution < 1.29 is 4.79 Å². The Hall–Kier alpha value is -1.92. The first kappa shape index (κ1) is 18.4. The minimum atomic E-state index is 0. The number of carbonyl (C=O) groups is 1. The normalized spacial score (nSPS) is 26.5. The van der Waals surface area contributed by atoms with Crippen LogP contribution in [0.4, 0.5) is 0 Å². The minimum Gasteiger partial charge on any atom is -0.339 e. The third-order valence-corrected chi connectivity index (χ3v) is 6.17. The molecule has 5 rings (SSSR count). The van der Waals surface area contributed by atoms with Crippen LogP contribution in [0.1, 0.15) is 60.6 Å². The molecule has 1 aromatic heterocycles. The van der Waals surface area contributed by atoms with Gasteiger partial charge in [0.25, 0.3) is 5.91 Å². The van der Waals surface area contributed by atoms with Gasteiger partial charge in [0.1, 0.15) is 5.82 Å². The second kappa shape index (κ2) is 7.24. The Morgan fingerprint density at radius 3 is 2.37 bits per heavy atom. The maximum absolute atomic E-state index is 12.9. The van der Waals surface area contributed by atoms with E-state index in [-0.39, 0.29) is 18.3 Å². The average Bonchev–Trinajstić information content (AvgIpc) is 3.32. The van der Waals surface area contributed by atoms with Crippen LogP contribution < -0.4 is 5.32 Å². The number of hydrogen-bond acceptors (Lipinski definition) is 4. The van der Waals surface area contributed by atoms with E-state index in [1.54, 1.807) is 0 Å². The van der Waals surface area contributed by atoms with E-state index in [0.717, 1.165) is 29.8 Å². The van der Waals surface area contributed by atoms with Gasteiger partial charge in [0.2, 0.25) is 0 Å². The van der Waals surface area contributed by atoms with Gasteiger partial charge >= 0.3 is 0 Å². The van der Waals surface area contributed by atoms with Crippen LogP contribution in [0.25, 0.3) is 11.4 Å². The summed E-state index contributed by atoms with van der Waals surface area (Å²) in [6, 6.07) is 9.22. The van der Waals surface area contributed by atoms with Crippen LogP contribution in [-0.2, 0) is 0 Å². The lowest BCUT2D eigenvalue weighted by Crippen LogP contribution is -2.48. The van der Waals surface area contributed by atoms with E-state index >= 15 is 0 Å². The number of carbonyl (C=O) groups excluding carboxylic acids is 1. The monoisotopic (exact) mass is 387 g/mol. The van der Waals surface area contributed by atoms with E-state index in [4.69, 9.17) is 0 Å². The summed E-state index contributed by atoms with van der Waals surface area (Å²) in [7, 11) is 1.95. The van der Waals surface area contributed by atoms with Crippen LogP contribution in [0.3, 0.4) is 0 Å². The Labute approximate surface area is 165 Å². The first-order valence-electron chi connectivity index (χ1n) is 9.73. The number of benzene rings is 1. The van der Waals surface area contributed by atoms with Gasteiger partial charge in [0.05, 0.1) is 0 Å². The number of amides is 1. The fraction of sp³-hybridized carbons (Fsp3) is 0.550. The first-order valence-corrected chi connectivity index (χ1v) is 9.73. The fourth-order valence-corrected chi connectivity index (χ4v) is 4.42. The maximum atomic E-state index is 12.9. The molecule has 1 aliphatic carbocycles. The Morgan fingerprint density at radius 2 is 1.74 bits per heavy atom. The van der Waals surface area contributed by atoms with Gasteiger partial charge in [-0.25, -0.2) is 4.98 Å². The van der Waals surface area contributed by atoms with Crippen molar-refractivity contribution in [2.75, 3.05) is 7.05 Å². The number of nitrogens with zero attached hydrogens (tertiary/aromatic N) is 3. The zero-order valence-corrected chi connectivity index (χ0v) is 16.3. The molecule has 2 aromatic rings. The van der Waals surface area contributed by atoms with Crippen molar-refractivity contribution in [3.8, 4) is 11.4 Å². The lowest BCUT2D eigenvalue weighted by molar-refractivity contribution is 0.0681. The summed E-state index contributed by atoms with van der Waals surface area (Å²) in [4.78, 5) is 19.4. The van der Waals surface area contributed by atoms with Gasteiger partial charge in [-0.3, -0.25) is 9.89 Å². The van der Waals surface area contributed by atoms with Crippen molar-refractivity contribution in [2.24, 2.45) is 0 Å². The molecule has 2 unspecified atom stereocenters. The Balaban J connectivity index is 0.00000180. The van der Waals surface area contributed by atoms with Crippen molar-refractivity contribution in [2.45, 2.75) is 62.6 Å². The molecule has 0 spiro atoms. The summed E-state index contributed by atoms with van der Waals surface area (Å²) < 4.78 is 0. The van der Waals surface area contributed by atoms with Crippen molar-refractivity contribution in [3.63, 3.8) is 0 Å². The molecular weight excluding hydrogens is 362 g/mol. The second-order valence-corrected chi connectivity index (χ2v) is 8.08. The first-order chi connectivity index (χ1) is 12.7. The molecule has 3 heterocycles.